The minimum absolute atomic E-state index is 0.139. The van der Waals surface area contributed by atoms with Crippen LogP contribution in [0.5, 0.6) is 0 Å². The Balaban J connectivity index is 2.30. The Labute approximate surface area is 134 Å². The van der Waals surface area contributed by atoms with Gasteiger partial charge >= 0.3 is 0 Å². The molecule has 1 aliphatic heterocycles. The third-order valence-corrected chi connectivity index (χ3v) is 5.42. The van der Waals surface area contributed by atoms with E-state index in [1.807, 2.05) is 0 Å². The van der Waals surface area contributed by atoms with Crippen molar-refractivity contribution in [1.82, 2.24) is 10.2 Å². The minimum Gasteiger partial charge on any atom is -0.382 e. The van der Waals surface area contributed by atoms with Crippen molar-refractivity contribution in [1.29, 1.82) is 0 Å². The summed E-state index contributed by atoms with van der Waals surface area (Å²) < 4.78 is 33.5. The van der Waals surface area contributed by atoms with Crippen molar-refractivity contribution in [3.05, 3.63) is 0 Å². The van der Waals surface area contributed by atoms with Crippen molar-refractivity contribution in [3.8, 4) is 0 Å². The zero-order chi connectivity index (χ0) is 16.4. The second-order valence-corrected chi connectivity index (χ2v) is 7.85. The molecule has 8 heteroatoms. The molecule has 130 valence electrons. The standard InChI is InChI=1S/C14H29N3O4S/c1-4-22(18,19)10-6-16-14(15-2)17-7-5-13(11-17)12-21-9-8-20-3/h13H,4-12H2,1-3H3,(H,15,16). The molecule has 0 aromatic rings. The molecule has 1 heterocycles. The van der Waals surface area contributed by atoms with E-state index in [0.717, 1.165) is 32.1 Å². The number of likely N-dealkylation sites (tertiary alicyclic amines) is 1. The molecular weight excluding hydrogens is 306 g/mol. The smallest absolute Gasteiger partial charge is 0.193 e. The summed E-state index contributed by atoms with van der Waals surface area (Å²) in [6.45, 7) is 5.82. The van der Waals surface area contributed by atoms with E-state index in [2.05, 4.69) is 15.2 Å². The summed E-state index contributed by atoms with van der Waals surface area (Å²) in [5.41, 5.74) is 0. The third-order valence-electron chi connectivity index (χ3n) is 3.72. The lowest BCUT2D eigenvalue weighted by Gasteiger charge is -2.21. The van der Waals surface area contributed by atoms with Gasteiger partial charge in [0.2, 0.25) is 0 Å². The van der Waals surface area contributed by atoms with Gasteiger partial charge in [-0.05, 0) is 6.42 Å². The molecule has 22 heavy (non-hydrogen) atoms. The monoisotopic (exact) mass is 335 g/mol. The number of hydrogen-bond donors (Lipinski definition) is 1. The fourth-order valence-electron chi connectivity index (χ4n) is 2.35. The summed E-state index contributed by atoms with van der Waals surface area (Å²) in [6, 6.07) is 0. The molecule has 7 nitrogen and oxygen atoms in total. The maximum atomic E-state index is 11.5. The van der Waals surface area contributed by atoms with E-state index in [-0.39, 0.29) is 11.5 Å². The van der Waals surface area contributed by atoms with Crippen LogP contribution in [0.15, 0.2) is 4.99 Å². The Morgan fingerprint density at radius 3 is 2.82 bits per heavy atom. The van der Waals surface area contributed by atoms with Crippen LogP contribution < -0.4 is 5.32 Å². The molecule has 0 saturated carbocycles. The molecular formula is C14H29N3O4S. The van der Waals surface area contributed by atoms with Gasteiger partial charge in [0.25, 0.3) is 0 Å². The number of hydrogen-bond acceptors (Lipinski definition) is 5. The van der Waals surface area contributed by atoms with Gasteiger partial charge in [-0.15, -0.1) is 0 Å². The number of nitrogens with zero attached hydrogens (tertiary/aromatic N) is 2. The second-order valence-electron chi connectivity index (χ2n) is 5.38. The lowest BCUT2D eigenvalue weighted by molar-refractivity contribution is 0.0536. The van der Waals surface area contributed by atoms with Crippen molar-refractivity contribution in [3.63, 3.8) is 0 Å². The van der Waals surface area contributed by atoms with Crippen molar-refractivity contribution >= 4 is 15.8 Å². The zero-order valence-electron chi connectivity index (χ0n) is 13.9. The molecule has 1 rings (SSSR count). The first-order valence-corrected chi connectivity index (χ1v) is 9.57. The molecule has 0 amide bonds. The highest BCUT2D eigenvalue weighted by Crippen LogP contribution is 2.16. The van der Waals surface area contributed by atoms with Gasteiger partial charge in [0, 0.05) is 45.5 Å². The van der Waals surface area contributed by atoms with E-state index in [0.29, 0.717) is 25.7 Å². The first-order valence-electron chi connectivity index (χ1n) is 7.75. The maximum absolute atomic E-state index is 11.5. The molecule has 1 fully saturated rings. The summed E-state index contributed by atoms with van der Waals surface area (Å²) in [6.07, 6.45) is 1.06. The number of methoxy groups -OCH3 is 1. The average molecular weight is 335 g/mol. The average Bonchev–Trinajstić information content (AvgIpc) is 2.97. The van der Waals surface area contributed by atoms with Gasteiger partial charge in [-0.2, -0.15) is 0 Å². The first kappa shape index (κ1) is 19.2. The van der Waals surface area contributed by atoms with Crippen LogP contribution in [0.3, 0.4) is 0 Å². The first-order chi connectivity index (χ1) is 10.5. The highest BCUT2D eigenvalue weighted by atomic mass is 32.2. The molecule has 1 N–H and O–H groups in total. The molecule has 0 spiro atoms. The SMILES string of the molecule is CCS(=O)(=O)CCNC(=NC)N1CCC(COCCOC)C1. The van der Waals surface area contributed by atoms with Crippen LogP contribution in [0.25, 0.3) is 0 Å². The van der Waals surface area contributed by atoms with E-state index in [9.17, 15) is 8.42 Å². The van der Waals surface area contributed by atoms with Crippen LogP contribution in [0.4, 0.5) is 0 Å². The predicted octanol–water partition coefficient (Wildman–Crippen LogP) is -0.0186. The van der Waals surface area contributed by atoms with Crippen molar-refractivity contribution in [2.75, 3.05) is 65.1 Å². The molecule has 0 bridgehead atoms. The Bertz CT molecular complexity index is 439. The third kappa shape index (κ3) is 6.93. The number of rotatable bonds is 9. The van der Waals surface area contributed by atoms with Gasteiger partial charge in [0.05, 0.1) is 25.6 Å². The topological polar surface area (TPSA) is 80.2 Å². The Morgan fingerprint density at radius 2 is 2.18 bits per heavy atom. The van der Waals surface area contributed by atoms with Crippen molar-refractivity contribution < 1.29 is 17.9 Å². The Morgan fingerprint density at radius 1 is 1.41 bits per heavy atom. The second kappa shape index (κ2) is 10.0. The van der Waals surface area contributed by atoms with E-state index in [1.165, 1.54) is 0 Å². The number of sulfone groups is 1. The normalized spacial score (nSPS) is 19.7. The summed E-state index contributed by atoms with van der Waals surface area (Å²) in [5, 5.41) is 3.13. The molecule has 0 aromatic heterocycles. The summed E-state index contributed by atoms with van der Waals surface area (Å²) in [5.74, 6) is 1.57. The van der Waals surface area contributed by atoms with Gasteiger partial charge in [-0.1, -0.05) is 6.92 Å². The Hall–Kier alpha value is -0.860. The fraction of sp³-hybridized carbons (Fsp3) is 0.929. The molecule has 1 unspecified atom stereocenters. The van der Waals surface area contributed by atoms with E-state index < -0.39 is 9.84 Å². The van der Waals surface area contributed by atoms with Gasteiger partial charge in [-0.3, -0.25) is 4.99 Å². The lowest BCUT2D eigenvalue weighted by atomic mass is 10.1. The minimum atomic E-state index is -2.94. The van der Waals surface area contributed by atoms with Crippen molar-refractivity contribution in [2.45, 2.75) is 13.3 Å². The number of aliphatic imine (C=N–C) groups is 1. The highest BCUT2D eigenvalue weighted by Gasteiger charge is 2.25. The molecule has 1 saturated heterocycles. The van der Waals surface area contributed by atoms with Crippen LogP contribution in [0.1, 0.15) is 13.3 Å². The van der Waals surface area contributed by atoms with Crippen LogP contribution in [-0.2, 0) is 19.3 Å². The van der Waals surface area contributed by atoms with Gasteiger partial charge in [0.1, 0.15) is 0 Å². The predicted molar refractivity (Wildman–Crippen MR) is 88.1 cm³/mol. The van der Waals surface area contributed by atoms with E-state index >= 15 is 0 Å². The summed E-state index contributed by atoms with van der Waals surface area (Å²) in [7, 11) is 0.440. The Kier molecular flexibility index (Phi) is 8.74. The largest absolute Gasteiger partial charge is 0.382 e. The molecule has 0 aliphatic carbocycles. The van der Waals surface area contributed by atoms with Crippen molar-refractivity contribution in [2.24, 2.45) is 10.9 Å². The van der Waals surface area contributed by atoms with Crippen LogP contribution in [-0.4, -0.2) is 84.4 Å². The fourth-order valence-corrected chi connectivity index (χ4v) is 3.05. The van der Waals surface area contributed by atoms with Crippen LogP contribution >= 0.6 is 0 Å². The number of nitrogens with one attached hydrogen (secondary N) is 1. The molecule has 0 radical (unpaired) electrons. The van der Waals surface area contributed by atoms with Gasteiger partial charge in [-0.25, -0.2) is 8.42 Å². The molecule has 1 atom stereocenters. The number of guanidine groups is 1. The number of ether oxygens (including phenoxy) is 2. The summed E-state index contributed by atoms with van der Waals surface area (Å²) >= 11 is 0. The quantitative estimate of drug-likeness (QED) is 0.362. The molecule has 1 aliphatic rings. The molecule has 0 aromatic carbocycles. The van der Waals surface area contributed by atoms with Crippen LogP contribution in [0, 0.1) is 5.92 Å². The summed E-state index contributed by atoms with van der Waals surface area (Å²) in [4.78, 5) is 6.39. The lowest BCUT2D eigenvalue weighted by Crippen LogP contribution is -2.42. The van der Waals surface area contributed by atoms with Gasteiger partial charge < -0.3 is 19.7 Å². The zero-order valence-corrected chi connectivity index (χ0v) is 14.7. The maximum Gasteiger partial charge on any atom is 0.193 e. The van der Waals surface area contributed by atoms with Gasteiger partial charge in [0.15, 0.2) is 15.8 Å². The van der Waals surface area contributed by atoms with E-state index in [1.54, 1.807) is 21.1 Å². The van der Waals surface area contributed by atoms with E-state index in [4.69, 9.17) is 9.47 Å². The van der Waals surface area contributed by atoms with Crippen LogP contribution in [0.2, 0.25) is 0 Å². The highest BCUT2D eigenvalue weighted by molar-refractivity contribution is 7.91.